The number of hydrogen-bond acceptors (Lipinski definition) is 4. The van der Waals surface area contributed by atoms with Gasteiger partial charge in [-0.2, -0.15) is 5.10 Å². The number of carbonyl (C=O) groups excluding carboxylic acids is 2. The second-order valence-corrected chi connectivity index (χ2v) is 7.20. The van der Waals surface area contributed by atoms with E-state index in [-0.39, 0.29) is 17.5 Å². The average Bonchev–Trinajstić information content (AvgIpc) is 3.15. The molecule has 0 aliphatic carbocycles. The standard InChI is InChI=1S/C23H24N4O3/c1-30-21-11-6-5-10-18(21)15-24-22(28)19-14-20-23(29)26(12-7-13-27(20)25-19)16-17-8-3-2-4-9-17/h2-6,8-11,14H,7,12-13,15-16H2,1H3,(H,24,28). The monoisotopic (exact) mass is 404 g/mol. The Morgan fingerprint density at radius 2 is 1.87 bits per heavy atom. The van der Waals surface area contributed by atoms with Crippen LogP contribution in [0.1, 0.15) is 38.5 Å². The molecule has 1 aliphatic heterocycles. The molecule has 0 fully saturated rings. The third kappa shape index (κ3) is 4.20. The molecule has 1 aliphatic rings. The van der Waals surface area contributed by atoms with E-state index in [1.807, 2.05) is 59.5 Å². The number of benzene rings is 2. The third-order valence-corrected chi connectivity index (χ3v) is 5.17. The molecule has 7 heteroatoms. The first kappa shape index (κ1) is 19.7. The molecule has 0 bridgehead atoms. The Morgan fingerprint density at radius 1 is 1.10 bits per heavy atom. The summed E-state index contributed by atoms with van der Waals surface area (Å²) in [6.45, 7) is 2.12. The topological polar surface area (TPSA) is 76.5 Å². The van der Waals surface area contributed by atoms with Gasteiger partial charge < -0.3 is 15.0 Å². The summed E-state index contributed by atoms with van der Waals surface area (Å²) in [5.41, 5.74) is 2.65. The van der Waals surface area contributed by atoms with Crippen molar-refractivity contribution < 1.29 is 14.3 Å². The van der Waals surface area contributed by atoms with Crippen LogP contribution in [-0.2, 0) is 19.6 Å². The van der Waals surface area contributed by atoms with Crippen molar-refractivity contribution in [2.75, 3.05) is 13.7 Å². The number of ether oxygens (including phenoxy) is 1. The lowest BCUT2D eigenvalue weighted by atomic mass is 10.2. The van der Waals surface area contributed by atoms with Crippen molar-refractivity contribution >= 4 is 11.8 Å². The first-order valence-electron chi connectivity index (χ1n) is 9.97. The fourth-order valence-corrected chi connectivity index (χ4v) is 3.61. The zero-order chi connectivity index (χ0) is 20.9. The maximum Gasteiger partial charge on any atom is 0.272 e. The number of fused-ring (bicyclic) bond motifs is 1. The Bertz CT molecular complexity index is 1050. The lowest BCUT2D eigenvalue weighted by Crippen LogP contribution is -2.30. The van der Waals surface area contributed by atoms with Crippen LogP contribution >= 0.6 is 0 Å². The summed E-state index contributed by atoms with van der Waals surface area (Å²) < 4.78 is 6.96. The molecular formula is C23H24N4O3. The van der Waals surface area contributed by atoms with Crippen LogP contribution in [0, 0.1) is 0 Å². The second kappa shape index (κ2) is 8.82. The van der Waals surface area contributed by atoms with Crippen LogP contribution in [0.5, 0.6) is 5.75 Å². The molecule has 1 aromatic heterocycles. The minimum absolute atomic E-state index is 0.104. The maximum atomic E-state index is 13.1. The molecule has 154 valence electrons. The molecule has 0 radical (unpaired) electrons. The quantitative estimate of drug-likeness (QED) is 0.685. The molecule has 2 aromatic carbocycles. The van der Waals surface area contributed by atoms with Gasteiger partial charge in [0.05, 0.1) is 7.11 Å². The molecule has 0 saturated heterocycles. The zero-order valence-corrected chi connectivity index (χ0v) is 16.9. The minimum Gasteiger partial charge on any atom is -0.496 e. The number of carbonyl (C=O) groups is 2. The van der Waals surface area contributed by atoms with E-state index in [1.165, 1.54) is 0 Å². The molecule has 3 aromatic rings. The van der Waals surface area contributed by atoms with E-state index < -0.39 is 0 Å². The van der Waals surface area contributed by atoms with Crippen LogP contribution in [0.2, 0.25) is 0 Å². The van der Waals surface area contributed by atoms with Gasteiger partial charge in [-0.05, 0) is 18.1 Å². The summed E-state index contributed by atoms with van der Waals surface area (Å²) in [5, 5.41) is 7.24. The summed E-state index contributed by atoms with van der Waals surface area (Å²) in [6, 6.07) is 19.0. The molecule has 0 saturated carbocycles. The van der Waals surface area contributed by atoms with Crippen LogP contribution in [0.15, 0.2) is 60.7 Å². The highest BCUT2D eigenvalue weighted by atomic mass is 16.5. The van der Waals surface area contributed by atoms with Gasteiger partial charge in [0.2, 0.25) is 0 Å². The van der Waals surface area contributed by atoms with Crippen molar-refractivity contribution in [3.63, 3.8) is 0 Å². The van der Waals surface area contributed by atoms with Gasteiger partial charge in [-0.15, -0.1) is 0 Å². The van der Waals surface area contributed by atoms with Gasteiger partial charge >= 0.3 is 0 Å². The lowest BCUT2D eigenvalue weighted by Gasteiger charge is -2.20. The smallest absolute Gasteiger partial charge is 0.272 e. The summed E-state index contributed by atoms with van der Waals surface area (Å²) in [7, 11) is 1.60. The minimum atomic E-state index is -0.316. The van der Waals surface area contributed by atoms with E-state index in [0.717, 1.165) is 17.5 Å². The molecule has 2 amide bonds. The van der Waals surface area contributed by atoms with Gasteiger partial charge in [-0.1, -0.05) is 48.5 Å². The highest BCUT2D eigenvalue weighted by molar-refractivity contribution is 5.98. The van der Waals surface area contributed by atoms with Gasteiger partial charge in [0.1, 0.15) is 11.4 Å². The molecular weight excluding hydrogens is 380 g/mol. The SMILES string of the molecule is COc1ccccc1CNC(=O)c1cc2n(n1)CCCN(Cc1ccccc1)C2=O. The van der Waals surface area contributed by atoms with E-state index in [2.05, 4.69) is 10.4 Å². The fraction of sp³-hybridized carbons (Fsp3) is 0.261. The van der Waals surface area contributed by atoms with Crippen LogP contribution in [-0.4, -0.2) is 40.1 Å². The van der Waals surface area contributed by atoms with Crippen LogP contribution in [0.4, 0.5) is 0 Å². The van der Waals surface area contributed by atoms with Crippen molar-refractivity contribution in [1.29, 1.82) is 0 Å². The largest absolute Gasteiger partial charge is 0.496 e. The van der Waals surface area contributed by atoms with Crippen molar-refractivity contribution in [2.45, 2.75) is 26.1 Å². The molecule has 0 unspecified atom stereocenters. The molecule has 0 atom stereocenters. The number of aromatic nitrogens is 2. The highest BCUT2D eigenvalue weighted by Crippen LogP contribution is 2.18. The summed E-state index contributed by atoms with van der Waals surface area (Å²) in [5.74, 6) is 0.293. The predicted molar refractivity (Wildman–Crippen MR) is 112 cm³/mol. The van der Waals surface area contributed by atoms with Crippen LogP contribution in [0.3, 0.4) is 0 Å². The summed E-state index contributed by atoms with van der Waals surface area (Å²) >= 11 is 0. The number of hydrogen-bond donors (Lipinski definition) is 1. The molecule has 0 spiro atoms. The van der Waals surface area contributed by atoms with Crippen LogP contribution in [0.25, 0.3) is 0 Å². The Balaban J connectivity index is 1.47. The van der Waals surface area contributed by atoms with E-state index in [1.54, 1.807) is 17.9 Å². The Morgan fingerprint density at radius 3 is 2.67 bits per heavy atom. The van der Waals surface area contributed by atoms with Crippen molar-refractivity contribution in [3.8, 4) is 5.75 Å². The lowest BCUT2D eigenvalue weighted by molar-refractivity contribution is 0.0745. The number of nitrogens with one attached hydrogen (secondary N) is 1. The Labute approximate surface area is 175 Å². The van der Waals surface area contributed by atoms with E-state index in [0.29, 0.717) is 37.6 Å². The number of para-hydroxylation sites is 1. The van der Waals surface area contributed by atoms with Crippen molar-refractivity contribution in [2.24, 2.45) is 0 Å². The van der Waals surface area contributed by atoms with Crippen molar-refractivity contribution in [1.82, 2.24) is 20.0 Å². The number of amides is 2. The fourth-order valence-electron chi connectivity index (χ4n) is 3.61. The second-order valence-electron chi connectivity index (χ2n) is 7.20. The molecule has 30 heavy (non-hydrogen) atoms. The van der Waals surface area contributed by atoms with E-state index in [9.17, 15) is 9.59 Å². The Hall–Kier alpha value is -3.61. The average molecular weight is 404 g/mol. The van der Waals surface area contributed by atoms with Gasteiger partial charge in [-0.25, -0.2) is 0 Å². The van der Waals surface area contributed by atoms with E-state index in [4.69, 9.17) is 4.74 Å². The van der Waals surface area contributed by atoms with E-state index >= 15 is 0 Å². The van der Waals surface area contributed by atoms with Gasteiger partial charge in [0, 0.05) is 37.8 Å². The van der Waals surface area contributed by atoms with Gasteiger partial charge in [0.15, 0.2) is 5.69 Å². The number of methoxy groups -OCH3 is 1. The number of aryl methyl sites for hydroxylation is 1. The normalized spacial score (nSPS) is 13.5. The summed E-state index contributed by atoms with van der Waals surface area (Å²) in [4.78, 5) is 27.5. The number of rotatable bonds is 6. The van der Waals surface area contributed by atoms with Crippen molar-refractivity contribution in [3.05, 3.63) is 83.2 Å². The molecule has 4 rings (SSSR count). The first-order valence-corrected chi connectivity index (χ1v) is 9.97. The molecule has 2 heterocycles. The predicted octanol–water partition coefficient (Wildman–Crippen LogP) is 2.87. The molecule has 7 nitrogen and oxygen atoms in total. The number of nitrogens with zero attached hydrogens (tertiary/aromatic N) is 3. The zero-order valence-electron chi connectivity index (χ0n) is 16.9. The van der Waals surface area contributed by atoms with Gasteiger partial charge in [0.25, 0.3) is 11.8 Å². The maximum absolute atomic E-state index is 13.1. The third-order valence-electron chi connectivity index (χ3n) is 5.17. The highest BCUT2D eigenvalue weighted by Gasteiger charge is 2.26. The van der Waals surface area contributed by atoms with Gasteiger partial charge in [-0.3, -0.25) is 14.3 Å². The summed E-state index contributed by atoms with van der Waals surface area (Å²) in [6.07, 6.45) is 0.787. The first-order chi connectivity index (χ1) is 14.7. The Kier molecular flexibility index (Phi) is 5.79. The molecule has 1 N–H and O–H groups in total. The van der Waals surface area contributed by atoms with Crippen LogP contribution < -0.4 is 10.1 Å².